The normalized spacial score (nSPS) is 31.9. The molecule has 4 heterocycles. The summed E-state index contributed by atoms with van der Waals surface area (Å²) in [7, 11) is 1.64. The molecule has 2 bridgehead atoms. The summed E-state index contributed by atoms with van der Waals surface area (Å²) in [5.41, 5.74) is -0.0680. The number of aromatic nitrogens is 3. The lowest BCUT2D eigenvalue weighted by Crippen LogP contribution is -2.58. The van der Waals surface area contributed by atoms with Crippen molar-refractivity contribution < 1.29 is 14.6 Å². The van der Waals surface area contributed by atoms with Crippen molar-refractivity contribution in [3.8, 4) is 0 Å². The van der Waals surface area contributed by atoms with E-state index in [1.807, 2.05) is 10.9 Å². The summed E-state index contributed by atoms with van der Waals surface area (Å²) in [5.74, 6) is 0.675. The number of fused-ring (bicyclic) bond motifs is 3. The van der Waals surface area contributed by atoms with Gasteiger partial charge >= 0.3 is 0 Å². The number of carbonyl (C=O) groups excluding carboxylic acids is 1. The van der Waals surface area contributed by atoms with E-state index < -0.39 is 5.60 Å². The fraction of sp³-hybridized carbons (Fsp3) is 0.842. The number of hydrogen-bond acceptors (Lipinski definition) is 6. The highest BCUT2D eigenvalue weighted by Crippen LogP contribution is 2.38. The molecule has 0 spiro atoms. The van der Waals surface area contributed by atoms with Gasteiger partial charge in [-0.2, -0.15) is 0 Å². The lowest BCUT2D eigenvalue weighted by Gasteiger charge is -2.49. The third kappa shape index (κ3) is 3.88. The van der Waals surface area contributed by atoms with E-state index in [9.17, 15) is 9.90 Å². The van der Waals surface area contributed by atoms with Crippen LogP contribution >= 0.6 is 0 Å². The molecule has 1 aromatic heterocycles. The molecule has 2 N–H and O–H groups in total. The highest BCUT2D eigenvalue weighted by atomic mass is 16.5. The molecule has 1 aliphatic carbocycles. The largest absolute Gasteiger partial charge is 0.383 e. The van der Waals surface area contributed by atoms with Crippen molar-refractivity contribution in [2.75, 3.05) is 33.4 Å². The zero-order chi connectivity index (χ0) is 18.9. The van der Waals surface area contributed by atoms with E-state index in [0.29, 0.717) is 30.8 Å². The number of rotatable bonds is 7. The molecule has 150 valence electrons. The van der Waals surface area contributed by atoms with Crippen LogP contribution in [0.1, 0.15) is 44.2 Å². The fourth-order valence-electron chi connectivity index (χ4n) is 5.07. The van der Waals surface area contributed by atoms with Gasteiger partial charge in [0.15, 0.2) is 0 Å². The Bertz CT molecular complexity index is 658. The van der Waals surface area contributed by atoms with E-state index in [4.69, 9.17) is 4.74 Å². The number of piperidine rings is 3. The van der Waals surface area contributed by atoms with Gasteiger partial charge in [-0.1, -0.05) is 18.1 Å². The van der Waals surface area contributed by atoms with Crippen LogP contribution in [0.3, 0.4) is 0 Å². The van der Waals surface area contributed by atoms with Gasteiger partial charge in [0.25, 0.3) is 0 Å². The average Bonchev–Trinajstić information content (AvgIpc) is 3.32. The van der Waals surface area contributed by atoms with Crippen LogP contribution in [0.2, 0.25) is 0 Å². The summed E-state index contributed by atoms with van der Waals surface area (Å²) in [6.45, 7) is 3.77. The van der Waals surface area contributed by atoms with Gasteiger partial charge < -0.3 is 15.2 Å². The Labute approximate surface area is 160 Å². The van der Waals surface area contributed by atoms with E-state index in [0.717, 1.165) is 58.2 Å². The number of hydrogen-bond donors (Lipinski definition) is 2. The number of ether oxygens (including phenoxy) is 1. The molecule has 4 atom stereocenters. The second kappa shape index (κ2) is 7.85. The number of methoxy groups -OCH3 is 1. The minimum absolute atomic E-state index is 0.0809. The van der Waals surface area contributed by atoms with Crippen molar-refractivity contribution in [1.82, 2.24) is 25.2 Å². The highest BCUT2D eigenvalue weighted by molar-refractivity contribution is 5.79. The molecule has 0 radical (unpaired) electrons. The predicted molar refractivity (Wildman–Crippen MR) is 98.8 cm³/mol. The second-order valence-corrected chi connectivity index (χ2v) is 8.39. The summed E-state index contributed by atoms with van der Waals surface area (Å²) in [5, 5.41) is 22.2. The Balaban J connectivity index is 1.34. The summed E-state index contributed by atoms with van der Waals surface area (Å²) >= 11 is 0. The Morgan fingerprint density at radius 2 is 2.26 bits per heavy atom. The van der Waals surface area contributed by atoms with E-state index in [1.165, 1.54) is 0 Å². The van der Waals surface area contributed by atoms with Crippen LogP contribution < -0.4 is 5.32 Å². The standard InChI is InChI=1S/C19H31N5O3/c1-27-9-7-20-18(25)16-12-23-8-4-14(16)10-15(23)11-24-13-17(21-22-24)19(26)5-2-3-6-19/h13-16,26H,2-12H2,1H3,(H,20,25). The van der Waals surface area contributed by atoms with E-state index in [-0.39, 0.29) is 11.8 Å². The Kier molecular flexibility index (Phi) is 5.48. The topological polar surface area (TPSA) is 92.5 Å². The van der Waals surface area contributed by atoms with Crippen LogP contribution in [-0.2, 0) is 21.7 Å². The molecule has 4 fully saturated rings. The summed E-state index contributed by atoms with van der Waals surface area (Å²) in [4.78, 5) is 14.9. The molecule has 1 aromatic rings. The first-order valence-corrected chi connectivity index (χ1v) is 10.2. The van der Waals surface area contributed by atoms with Gasteiger partial charge in [-0.15, -0.1) is 5.10 Å². The van der Waals surface area contributed by atoms with Crippen LogP contribution in [0.5, 0.6) is 0 Å². The van der Waals surface area contributed by atoms with Crippen LogP contribution in [0.25, 0.3) is 0 Å². The van der Waals surface area contributed by atoms with Crippen LogP contribution in [-0.4, -0.2) is 70.3 Å². The van der Waals surface area contributed by atoms with Crippen LogP contribution in [0, 0.1) is 11.8 Å². The molecule has 0 aromatic carbocycles. The quantitative estimate of drug-likeness (QED) is 0.673. The minimum Gasteiger partial charge on any atom is -0.383 e. The first-order valence-electron chi connectivity index (χ1n) is 10.2. The van der Waals surface area contributed by atoms with Crippen molar-refractivity contribution in [1.29, 1.82) is 0 Å². The van der Waals surface area contributed by atoms with E-state index in [1.54, 1.807) is 7.11 Å². The van der Waals surface area contributed by atoms with Gasteiger partial charge in [0.1, 0.15) is 11.3 Å². The lowest BCUT2D eigenvalue weighted by atomic mass is 9.75. The average molecular weight is 377 g/mol. The van der Waals surface area contributed by atoms with E-state index >= 15 is 0 Å². The summed E-state index contributed by atoms with van der Waals surface area (Å²) in [6.07, 6.45) is 7.68. The lowest BCUT2D eigenvalue weighted by molar-refractivity contribution is -0.133. The summed E-state index contributed by atoms with van der Waals surface area (Å²) in [6, 6.07) is 0.388. The molecule has 3 saturated heterocycles. The molecule has 8 nitrogen and oxygen atoms in total. The Hall–Kier alpha value is -1.51. The molecule has 8 heteroatoms. The monoisotopic (exact) mass is 377 g/mol. The van der Waals surface area contributed by atoms with Crippen molar-refractivity contribution >= 4 is 5.91 Å². The smallest absolute Gasteiger partial charge is 0.224 e. The molecule has 4 aliphatic rings. The first kappa shape index (κ1) is 18.8. The number of carbonyl (C=O) groups is 1. The number of nitrogens with one attached hydrogen (secondary N) is 1. The Morgan fingerprint density at radius 3 is 2.96 bits per heavy atom. The van der Waals surface area contributed by atoms with Gasteiger partial charge in [-0.25, -0.2) is 0 Å². The van der Waals surface area contributed by atoms with Gasteiger partial charge in [0, 0.05) is 26.2 Å². The number of nitrogens with zero attached hydrogens (tertiary/aromatic N) is 4. The van der Waals surface area contributed by atoms with Crippen molar-refractivity contribution in [3.05, 3.63) is 11.9 Å². The van der Waals surface area contributed by atoms with Crippen molar-refractivity contribution in [3.63, 3.8) is 0 Å². The first-order chi connectivity index (χ1) is 13.1. The SMILES string of the molecule is COCCNC(=O)C1CN2CCC1CC2Cn1cc(C2(O)CCCC2)nn1. The number of amides is 1. The molecular formula is C19H31N5O3. The van der Waals surface area contributed by atoms with E-state index in [2.05, 4.69) is 20.5 Å². The maximum Gasteiger partial charge on any atom is 0.224 e. The van der Waals surface area contributed by atoms with Gasteiger partial charge in [-0.05, 0) is 38.1 Å². The molecule has 1 saturated carbocycles. The molecule has 27 heavy (non-hydrogen) atoms. The third-order valence-corrected chi connectivity index (χ3v) is 6.66. The van der Waals surface area contributed by atoms with Gasteiger partial charge in [0.2, 0.25) is 5.91 Å². The Morgan fingerprint density at radius 1 is 1.44 bits per heavy atom. The number of aliphatic hydroxyl groups is 1. The zero-order valence-electron chi connectivity index (χ0n) is 16.1. The molecule has 3 aliphatic heterocycles. The minimum atomic E-state index is -0.782. The predicted octanol–water partition coefficient (Wildman–Crippen LogP) is 0.513. The highest BCUT2D eigenvalue weighted by Gasteiger charge is 2.43. The van der Waals surface area contributed by atoms with Gasteiger partial charge in [0.05, 0.1) is 25.3 Å². The maximum absolute atomic E-state index is 12.5. The molecular weight excluding hydrogens is 346 g/mol. The molecule has 4 unspecified atom stereocenters. The van der Waals surface area contributed by atoms with Gasteiger partial charge in [-0.3, -0.25) is 14.4 Å². The van der Waals surface area contributed by atoms with Crippen LogP contribution in [0.4, 0.5) is 0 Å². The van der Waals surface area contributed by atoms with Crippen LogP contribution in [0.15, 0.2) is 6.20 Å². The van der Waals surface area contributed by atoms with Crippen molar-refractivity contribution in [2.24, 2.45) is 11.8 Å². The second-order valence-electron chi connectivity index (χ2n) is 8.39. The third-order valence-electron chi connectivity index (χ3n) is 6.66. The molecule has 5 rings (SSSR count). The summed E-state index contributed by atoms with van der Waals surface area (Å²) < 4.78 is 6.89. The maximum atomic E-state index is 12.5. The van der Waals surface area contributed by atoms with Crippen molar-refractivity contribution in [2.45, 2.75) is 56.7 Å². The zero-order valence-corrected chi connectivity index (χ0v) is 16.1. The molecule has 1 amide bonds. The fourth-order valence-corrected chi connectivity index (χ4v) is 5.07.